The molecule has 15 heavy (non-hydrogen) atoms. The fourth-order valence-electron chi connectivity index (χ4n) is 0.959. The second kappa shape index (κ2) is 4.07. The molecule has 2 N–H and O–H groups in total. The first kappa shape index (κ1) is 11.2. The molecule has 0 fully saturated rings. The molecule has 0 saturated heterocycles. The van der Waals surface area contributed by atoms with Gasteiger partial charge in [-0.1, -0.05) is 0 Å². The molecule has 1 aromatic heterocycles. The third-order valence-electron chi connectivity index (χ3n) is 1.68. The van der Waals surface area contributed by atoms with Crippen molar-refractivity contribution in [2.75, 3.05) is 7.11 Å². The number of rotatable bonds is 2. The topological polar surface area (TPSA) is 79.4 Å². The molecule has 0 spiro atoms. The highest BCUT2D eigenvalue weighted by molar-refractivity contribution is 5.87. The number of alkyl halides is 2. The Bertz CT molecular complexity index is 441. The van der Waals surface area contributed by atoms with E-state index >= 15 is 0 Å². The van der Waals surface area contributed by atoms with Crippen molar-refractivity contribution in [3.63, 3.8) is 0 Å². The lowest BCUT2D eigenvalue weighted by Crippen LogP contribution is -2.15. The monoisotopic (exact) mass is 219 g/mol. The molecular formula is C8H7F2NO4. The van der Waals surface area contributed by atoms with E-state index in [2.05, 4.69) is 4.74 Å². The molecule has 0 bridgehead atoms. The number of nitrogens with one attached hydrogen (secondary N) is 1. The van der Waals surface area contributed by atoms with Crippen LogP contribution in [0.3, 0.4) is 0 Å². The van der Waals surface area contributed by atoms with Gasteiger partial charge in [0.2, 0.25) is 0 Å². The number of ether oxygens (including phenoxy) is 1. The maximum Gasteiger partial charge on any atom is 0.354 e. The first-order chi connectivity index (χ1) is 6.97. The Hall–Kier alpha value is -1.92. The van der Waals surface area contributed by atoms with Gasteiger partial charge in [0.25, 0.3) is 12.0 Å². The summed E-state index contributed by atoms with van der Waals surface area (Å²) in [6, 6.07) is 0.674. The Kier molecular flexibility index (Phi) is 3.03. The zero-order chi connectivity index (χ0) is 11.6. The van der Waals surface area contributed by atoms with Crippen LogP contribution < -0.4 is 5.56 Å². The fraction of sp³-hybridized carbons (Fsp3) is 0.250. The number of H-pyrrole nitrogens is 1. The van der Waals surface area contributed by atoms with Gasteiger partial charge in [0.1, 0.15) is 5.69 Å². The molecule has 0 radical (unpaired) electrons. The van der Waals surface area contributed by atoms with Crippen molar-refractivity contribution in [1.82, 2.24) is 4.98 Å². The van der Waals surface area contributed by atoms with Crippen LogP contribution in [-0.4, -0.2) is 23.2 Å². The van der Waals surface area contributed by atoms with Crippen LogP contribution in [0, 0.1) is 0 Å². The molecule has 0 amide bonds. The fourth-order valence-corrected chi connectivity index (χ4v) is 0.959. The summed E-state index contributed by atoms with van der Waals surface area (Å²) in [5.74, 6) is -2.06. The summed E-state index contributed by atoms with van der Waals surface area (Å²) in [5, 5.41) is 8.97. The number of halogens is 2. The van der Waals surface area contributed by atoms with Gasteiger partial charge >= 0.3 is 5.97 Å². The molecule has 5 nitrogen and oxygen atoms in total. The Morgan fingerprint density at radius 1 is 1.60 bits per heavy atom. The lowest BCUT2D eigenvalue weighted by molar-refractivity contribution is 0.0593. The average molecular weight is 219 g/mol. The van der Waals surface area contributed by atoms with Crippen molar-refractivity contribution in [3.05, 3.63) is 27.7 Å². The lowest BCUT2D eigenvalue weighted by atomic mass is 10.2. The van der Waals surface area contributed by atoms with Gasteiger partial charge < -0.3 is 14.8 Å². The zero-order valence-electron chi connectivity index (χ0n) is 7.58. The Morgan fingerprint density at radius 3 is 2.67 bits per heavy atom. The maximum absolute atomic E-state index is 12.3. The lowest BCUT2D eigenvalue weighted by Gasteiger charge is -2.04. The summed E-state index contributed by atoms with van der Waals surface area (Å²) in [6.45, 7) is 0. The zero-order valence-corrected chi connectivity index (χ0v) is 7.58. The van der Waals surface area contributed by atoms with Crippen LogP contribution >= 0.6 is 0 Å². The highest BCUT2D eigenvalue weighted by atomic mass is 19.3. The number of hydrogen-bond acceptors (Lipinski definition) is 4. The van der Waals surface area contributed by atoms with Gasteiger partial charge in [0.15, 0.2) is 5.75 Å². The number of carbonyl (C=O) groups excluding carboxylic acids is 1. The normalized spacial score (nSPS) is 10.4. The summed E-state index contributed by atoms with van der Waals surface area (Å²) in [6.07, 6.45) is -3.05. The Labute approximate surface area is 82.3 Å². The van der Waals surface area contributed by atoms with Crippen molar-refractivity contribution in [3.8, 4) is 5.75 Å². The van der Waals surface area contributed by atoms with E-state index in [0.717, 1.165) is 7.11 Å². The van der Waals surface area contributed by atoms with E-state index in [-0.39, 0.29) is 0 Å². The van der Waals surface area contributed by atoms with Crippen LogP contribution in [-0.2, 0) is 4.74 Å². The van der Waals surface area contributed by atoms with Crippen LogP contribution in [0.1, 0.15) is 22.5 Å². The smallest absolute Gasteiger partial charge is 0.354 e. The molecule has 0 atom stereocenters. The second-order valence-corrected chi connectivity index (χ2v) is 2.61. The van der Waals surface area contributed by atoms with Gasteiger partial charge in [-0.25, -0.2) is 13.6 Å². The summed E-state index contributed by atoms with van der Waals surface area (Å²) < 4.78 is 28.8. The van der Waals surface area contributed by atoms with Crippen molar-refractivity contribution >= 4 is 5.97 Å². The molecule has 0 aliphatic rings. The van der Waals surface area contributed by atoms with E-state index in [9.17, 15) is 18.4 Å². The summed E-state index contributed by atoms with van der Waals surface area (Å²) in [4.78, 5) is 23.8. The third kappa shape index (κ3) is 2.12. The van der Waals surface area contributed by atoms with Crippen molar-refractivity contribution in [2.45, 2.75) is 6.43 Å². The number of carbonyl (C=O) groups is 1. The van der Waals surface area contributed by atoms with Crippen molar-refractivity contribution in [1.29, 1.82) is 0 Å². The number of hydrogen-bond donors (Lipinski definition) is 2. The number of esters is 1. The minimum atomic E-state index is -3.05. The van der Waals surface area contributed by atoms with E-state index in [1.807, 2.05) is 4.98 Å². The standard InChI is InChI=1S/C8H7F2NO4/c1-15-8(14)4-2-3(6(9)10)5(12)7(13)11-4/h2,6,12H,1H3,(H,11,13). The van der Waals surface area contributed by atoms with Crippen LogP contribution in [0.4, 0.5) is 8.78 Å². The minimum Gasteiger partial charge on any atom is -0.503 e. The van der Waals surface area contributed by atoms with Gasteiger partial charge in [-0.2, -0.15) is 0 Å². The van der Waals surface area contributed by atoms with Crippen LogP contribution in [0.15, 0.2) is 10.9 Å². The third-order valence-corrected chi connectivity index (χ3v) is 1.68. The van der Waals surface area contributed by atoms with E-state index in [0.29, 0.717) is 6.07 Å². The number of aromatic amines is 1. The molecule has 82 valence electrons. The molecule has 1 heterocycles. The Balaban J connectivity index is 3.36. The average Bonchev–Trinajstić information content (AvgIpc) is 2.20. The van der Waals surface area contributed by atoms with Crippen molar-refractivity contribution in [2.24, 2.45) is 0 Å². The Morgan fingerprint density at radius 2 is 2.20 bits per heavy atom. The van der Waals surface area contributed by atoms with Crippen molar-refractivity contribution < 1.29 is 23.4 Å². The molecule has 0 aliphatic heterocycles. The highest BCUT2D eigenvalue weighted by Gasteiger charge is 2.19. The molecule has 0 unspecified atom stereocenters. The van der Waals surface area contributed by atoms with Gasteiger partial charge in [0.05, 0.1) is 12.7 Å². The van der Waals surface area contributed by atoms with Crippen LogP contribution in [0.2, 0.25) is 0 Å². The SMILES string of the molecule is COC(=O)c1cc(C(F)F)c(O)c(=O)[nH]1. The van der Waals surface area contributed by atoms with E-state index in [4.69, 9.17) is 5.11 Å². The minimum absolute atomic E-state index is 0.435. The summed E-state index contributed by atoms with van der Waals surface area (Å²) >= 11 is 0. The first-order valence-electron chi connectivity index (χ1n) is 3.80. The number of methoxy groups -OCH3 is 1. The van der Waals surface area contributed by atoms with E-state index in [1.165, 1.54) is 0 Å². The predicted molar refractivity (Wildman–Crippen MR) is 45.0 cm³/mol. The molecule has 7 heteroatoms. The number of aromatic nitrogens is 1. The van der Waals surface area contributed by atoms with E-state index < -0.39 is 35.0 Å². The molecule has 0 saturated carbocycles. The van der Waals surface area contributed by atoms with Crippen LogP contribution in [0.25, 0.3) is 0 Å². The molecule has 0 aromatic carbocycles. The second-order valence-electron chi connectivity index (χ2n) is 2.61. The van der Waals surface area contributed by atoms with Gasteiger partial charge in [0, 0.05) is 0 Å². The molecule has 0 aliphatic carbocycles. The summed E-state index contributed by atoms with van der Waals surface area (Å²) in [5.41, 5.74) is -2.50. The van der Waals surface area contributed by atoms with E-state index in [1.54, 1.807) is 0 Å². The molecule has 1 rings (SSSR count). The largest absolute Gasteiger partial charge is 0.503 e. The van der Waals surface area contributed by atoms with Gasteiger partial charge in [-0.05, 0) is 6.07 Å². The molecular weight excluding hydrogens is 212 g/mol. The first-order valence-corrected chi connectivity index (χ1v) is 3.80. The quantitative estimate of drug-likeness (QED) is 0.721. The predicted octanol–water partition coefficient (Wildman–Crippen LogP) is 0.805. The highest BCUT2D eigenvalue weighted by Crippen LogP contribution is 2.25. The number of pyridine rings is 1. The molecule has 1 aromatic rings. The number of aromatic hydroxyl groups is 1. The van der Waals surface area contributed by atoms with Crippen LogP contribution in [0.5, 0.6) is 5.75 Å². The van der Waals surface area contributed by atoms with Gasteiger partial charge in [-0.15, -0.1) is 0 Å². The summed E-state index contributed by atoms with van der Waals surface area (Å²) in [7, 11) is 1.04. The maximum atomic E-state index is 12.3. The van der Waals surface area contributed by atoms with Gasteiger partial charge in [-0.3, -0.25) is 4.79 Å².